The number of thiazole rings is 1. The quantitative estimate of drug-likeness (QED) is 0.922. The number of piperidine rings is 1. The standard InChI is InChI=1S/C13H17N3O2S2.ClH/c14-8-10-4-3-7-16(9-10)20(17,18)13-15-11-5-1-2-6-12(11)19-13;/h1-2,5-6,10H,3-4,7-9,14H2;1H. The Hall–Kier alpha value is -0.730. The highest BCUT2D eigenvalue weighted by molar-refractivity contribution is 7.91. The summed E-state index contributed by atoms with van der Waals surface area (Å²) in [6.07, 6.45) is 1.87. The van der Waals surface area contributed by atoms with Crippen LogP contribution in [0.3, 0.4) is 0 Å². The van der Waals surface area contributed by atoms with E-state index in [4.69, 9.17) is 5.73 Å². The summed E-state index contributed by atoms with van der Waals surface area (Å²) in [5.74, 6) is 0.257. The number of hydrogen-bond donors (Lipinski definition) is 1. The highest BCUT2D eigenvalue weighted by Crippen LogP contribution is 2.29. The zero-order valence-corrected chi connectivity index (χ0v) is 13.9. The lowest BCUT2D eigenvalue weighted by Gasteiger charge is -2.30. The highest BCUT2D eigenvalue weighted by Gasteiger charge is 2.32. The molecule has 8 heteroatoms. The van der Waals surface area contributed by atoms with E-state index in [9.17, 15) is 8.42 Å². The summed E-state index contributed by atoms with van der Waals surface area (Å²) in [5.41, 5.74) is 6.41. The average Bonchev–Trinajstić information content (AvgIpc) is 2.92. The van der Waals surface area contributed by atoms with Crippen molar-refractivity contribution < 1.29 is 8.42 Å². The van der Waals surface area contributed by atoms with Crippen LogP contribution in [0.2, 0.25) is 0 Å². The molecule has 0 bridgehead atoms. The second-order valence-corrected chi connectivity index (χ2v) is 8.20. The van der Waals surface area contributed by atoms with Gasteiger partial charge in [-0.3, -0.25) is 0 Å². The molecule has 0 aliphatic carbocycles. The minimum Gasteiger partial charge on any atom is -0.330 e. The van der Waals surface area contributed by atoms with Crippen LogP contribution in [0.4, 0.5) is 0 Å². The van der Waals surface area contributed by atoms with E-state index in [1.165, 1.54) is 15.6 Å². The van der Waals surface area contributed by atoms with Crippen LogP contribution in [-0.4, -0.2) is 37.3 Å². The molecule has 1 unspecified atom stereocenters. The van der Waals surface area contributed by atoms with Crippen molar-refractivity contribution >= 4 is 44.0 Å². The van der Waals surface area contributed by atoms with Crippen LogP contribution < -0.4 is 5.73 Å². The molecule has 1 saturated heterocycles. The molecule has 5 nitrogen and oxygen atoms in total. The van der Waals surface area contributed by atoms with Crippen molar-refractivity contribution in [2.75, 3.05) is 19.6 Å². The van der Waals surface area contributed by atoms with Crippen LogP contribution in [-0.2, 0) is 10.0 Å². The predicted octanol–water partition coefficient (Wildman–Crippen LogP) is 2.08. The number of sulfonamides is 1. The Balaban J connectivity index is 0.00000161. The zero-order valence-electron chi connectivity index (χ0n) is 11.4. The number of rotatable bonds is 3. The van der Waals surface area contributed by atoms with E-state index < -0.39 is 10.0 Å². The first-order valence-electron chi connectivity index (χ1n) is 6.67. The van der Waals surface area contributed by atoms with Crippen molar-refractivity contribution in [3.8, 4) is 0 Å². The zero-order chi connectivity index (χ0) is 14.2. The molecule has 1 fully saturated rings. The molecular formula is C13H18ClN3O2S2. The van der Waals surface area contributed by atoms with E-state index in [0.29, 0.717) is 19.6 Å². The van der Waals surface area contributed by atoms with Crippen molar-refractivity contribution in [1.82, 2.24) is 9.29 Å². The maximum Gasteiger partial charge on any atom is 0.270 e. The fourth-order valence-electron chi connectivity index (χ4n) is 2.51. The first kappa shape index (κ1) is 16.6. The Morgan fingerprint density at radius 1 is 1.38 bits per heavy atom. The van der Waals surface area contributed by atoms with Gasteiger partial charge in [0.25, 0.3) is 10.0 Å². The SMILES string of the molecule is Cl.NCC1CCCN(S(=O)(=O)c2nc3ccccc3s2)C1. The van der Waals surface area contributed by atoms with Gasteiger partial charge in [0.15, 0.2) is 0 Å². The number of nitrogens with zero attached hydrogens (tertiary/aromatic N) is 2. The fourth-order valence-corrected chi connectivity index (χ4v) is 5.42. The van der Waals surface area contributed by atoms with E-state index in [2.05, 4.69) is 4.98 Å². The first-order valence-corrected chi connectivity index (χ1v) is 8.92. The molecule has 3 rings (SSSR count). The van der Waals surface area contributed by atoms with Crippen LogP contribution in [0.25, 0.3) is 10.2 Å². The van der Waals surface area contributed by atoms with Gasteiger partial charge in [-0.15, -0.1) is 23.7 Å². The average molecular weight is 348 g/mol. The molecule has 0 amide bonds. The van der Waals surface area contributed by atoms with Crippen molar-refractivity contribution in [2.45, 2.75) is 17.2 Å². The van der Waals surface area contributed by atoms with Crippen molar-refractivity contribution in [3.05, 3.63) is 24.3 Å². The normalized spacial score (nSPS) is 20.3. The van der Waals surface area contributed by atoms with E-state index in [0.717, 1.165) is 23.1 Å². The smallest absolute Gasteiger partial charge is 0.270 e. The van der Waals surface area contributed by atoms with Gasteiger partial charge in [0.05, 0.1) is 10.2 Å². The molecule has 1 aromatic carbocycles. The van der Waals surface area contributed by atoms with Gasteiger partial charge in [-0.1, -0.05) is 12.1 Å². The number of nitrogens with two attached hydrogens (primary N) is 1. The molecular weight excluding hydrogens is 330 g/mol. The topological polar surface area (TPSA) is 76.3 Å². The lowest BCUT2D eigenvalue weighted by Crippen LogP contribution is -2.41. The van der Waals surface area contributed by atoms with Crippen molar-refractivity contribution in [1.29, 1.82) is 0 Å². The molecule has 1 aliphatic rings. The third-order valence-corrected chi connectivity index (χ3v) is 6.91. The van der Waals surface area contributed by atoms with Gasteiger partial charge < -0.3 is 5.73 Å². The molecule has 2 N–H and O–H groups in total. The maximum atomic E-state index is 12.7. The number of halogens is 1. The van der Waals surface area contributed by atoms with Crippen LogP contribution in [0.1, 0.15) is 12.8 Å². The Labute approximate surface area is 134 Å². The van der Waals surface area contributed by atoms with Crippen LogP contribution in [0.5, 0.6) is 0 Å². The number of aromatic nitrogens is 1. The molecule has 2 aromatic rings. The Kier molecular flexibility index (Phi) is 5.21. The van der Waals surface area contributed by atoms with Crippen LogP contribution in [0.15, 0.2) is 28.6 Å². The van der Waals surface area contributed by atoms with Gasteiger partial charge in [-0.25, -0.2) is 13.4 Å². The molecule has 0 spiro atoms. The second kappa shape index (κ2) is 6.58. The highest BCUT2D eigenvalue weighted by atomic mass is 35.5. The number of fused-ring (bicyclic) bond motifs is 1. The summed E-state index contributed by atoms with van der Waals surface area (Å²) in [7, 11) is -3.48. The van der Waals surface area contributed by atoms with Crippen LogP contribution in [0, 0.1) is 5.92 Å². The second-order valence-electron chi connectivity index (χ2n) is 5.05. The molecule has 2 heterocycles. The molecule has 116 valence electrons. The summed E-state index contributed by atoms with van der Waals surface area (Å²) in [5, 5.41) is 0. The van der Waals surface area contributed by atoms with E-state index >= 15 is 0 Å². The van der Waals surface area contributed by atoms with Crippen molar-refractivity contribution in [3.63, 3.8) is 0 Å². The van der Waals surface area contributed by atoms with Gasteiger partial charge in [0.2, 0.25) is 4.34 Å². The molecule has 0 saturated carbocycles. The van der Waals surface area contributed by atoms with E-state index in [1.807, 2.05) is 24.3 Å². The van der Waals surface area contributed by atoms with E-state index in [-0.39, 0.29) is 22.7 Å². The lowest BCUT2D eigenvalue weighted by molar-refractivity contribution is 0.271. The first-order chi connectivity index (χ1) is 9.61. The monoisotopic (exact) mass is 347 g/mol. The minimum absolute atomic E-state index is 0. The summed E-state index contributed by atoms with van der Waals surface area (Å²) < 4.78 is 27.9. The summed E-state index contributed by atoms with van der Waals surface area (Å²) in [6.45, 7) is 1.61. The third kappa shape index (κ3) is 3.22. The lowest BCUT2D eigenvalue weighted by atomic mass is 10.0. The maximum absolute atomic E-state index is 12.7. The molecule has 1 aromatic heterocycles. The third-order valence-electron chi connectivity index (χ3n) is 3.65. The molecule has 1 atom stereocenters. The number of hydrogen-bond acceptors (Lipinski definition) is 5. The Morgan fingerprint density at radius 3 is 2.86 bits per heavy atom. The fraction of sp³-hybridized carbons (Fsp3) is 0.462. The number of para-hydroxylation sites is 1. The van der Waals surface area contributed by atoms with Crippen LogP contribution >= 0.6 is 23.7 Å². The molecule has 1 aliphatic heterocycles. The van der Waals surface area contributed by atoms with Gasteiger partial charge in [0, 0.05) is 13.1 Å². The van der Waals surface area contributed by atoms with Gasteiger partial charge in [-0.05, 0) is 37.4 Å². The van der Waals surface area contributed by atoms with Gasteiger partial charge >= 0.3 is 0 Å². The predicted molar refractivity (Wildman–Crippen MR) is 87.4 cm³/mol. The largest absolute Gasteiger partial charge is 0.330 e. The molecule has 0 radical (unpaired) electrons. The van der Waals surface area contributed by atoms with Crippen molar-refractivity contribution in [2.24, 2.45) is 11.7 Å². The Morgan fingerprint density at radius 2 is 2.14 bits per heavy atom. The van der Waals surface area contributed by atoms with E-state index in [1.54, 1.807) is 0 Å². The number of benzene rings is 1. The van der Waals surface area contributed by atoms with Gasteiger partial charge in [0.1, 0.15) is 0 Å². The minimum atomic E-state index is -3.48. The summed E-state index contributed by atoms with van der Waals surface area (Å²) >= 11 is 1.23. The summed E-state index contributed by atoms with van der Waals surface area (Å²) in [4.78, 5) is 4.27. The summed E-state index contributed by atoms with van der Waals surface area (Å²) in [6, 6.07) is 7.49. The Bertz CT molecular complexity index is 684. The molecule has 21 heavy (non-hydrogen) atoms. The van der Waals surface area contributed by atoms with Gasteiger partial charge in [-0.2, -0.15) is 4.31 Å².